The molecule has 1 aromatic carbocycles. The van der Waals surface area contributed by atoms with E-state index in [9.17, 15) is 14.7 Å². The Balaban J connectivity index is 2.27. The second-order valence-corrected chi connectivity index (χ2v) is 3.93. The largest absolute Gasteiger partial charge is 0.507 e. The van der Waals surface area contributed by atoms with E-state index in [0.29, 0.717) is 0 Å². The quantitative estimate of drug-likeness (QED) is 0.481. The second-order valence-electron chi connectivity index (χ2n) is 3.93. The summed E-state index contributed by atoms with van der Waals surface area (Å²) in [6.07, 6.45) is 7.31. The maximum absolute atomic E-state index is 11.8. The molecule has 0 heterocycles. The van der Waals surface area contributed by atoms with Gasteiger partial charge in [-0.2, -0.15) is 0 Å². The topological polar surface area (TPSA) is 74.6 Å². The number of allylic oxidation sites excluding steroid dienone is 4. The van der Waals surface area contributed by atoms with Crippen LogP contribution in [-0.4, -0.2) is 22.0 Å². The van der Waals surface area contributed by atoms with Crippen LogP contribution in [0.2, 0.25) is 0 Å². The van der Waals surface area contributed by atoms with Crippen LogP contribution in [0.25, 0.3) is 0 Å². The third-order valence-electron chi connectivity index (χ3n) is 2.59. The Kier molecular flexibility index (Phi) is 3.48. The summed E-state index contributed by atoms with van der Waals surface area (Å²) in [7, 11) is 0. The minimum atomic E-state index is -1.16. The number of aromatic hydroxyl groups is 1. The average Bonchev–Trinajstić information content (AvgIpc) is 2.89. The highest BCUT2D eigenvalue weighted by molar-refractivity contribution is 6.11. The van der Waals surface area contributed by atoms with Crippen LogP contribution in [0.1, 0.15) is 20.7 Å². The monoisotopic (exact) mass is 254 g/mol. The Bertz CT molecular complexity index is 644. The zero-order valence-electron chi connectivity index (χ0n) is 9.83. The lowest BCUT2D eigenvalue weighted by atomic mass is 10.1. The van der Waals surface area contributed by atoms with Crippen LogP contribution in [0.15, 0.2) is 42.5 Å². The molecule has 19 heavy (non-hydrogen) atoms. The molecule has 0 atom stereocenters. The summed E-state index contributed by atoms with van der Waals surface area (Å²) in [4.78, 5) is 22.6. The normalized spacial score (nSPS) is 13.1. The zero-order chi connectivity index (χ0) is 13.8. The SMILES string of the molecule is O=C(O)c1ccc(O)c(C(=O)C#CC2C=CC=C2)c1. The van der Waals surface area contributed by atoms with Gasteiger partial charge in [-0.15, -0.1) is 0 Å². The van der Waals surface area contributed by atoms with E-state index < -0.39 is 11.8 Å². The second kappa shape index (κ2) is 5.23. The van der Waals surface area contributed by atoms with Crippen molar-refractivity contribution in [2.24, 2.45) is 5.92 Å². The van der Waals surface area contributed by atoms with Gasteiger partial charge in [0.15, 0.2) is 0 Å². The molecule has 1 aliphatic rings. The molecule has 0 unspecified atom stereocenters. The molecule has 2 N–H and O–H groups in total. The van der Waals surface area contributed by atoms with Crippen molar-refractivity contribution in [1.82, 2.24) is 0 Å². The highest BCUT2D eigenvalue weighted by Crippen LogP contribution is 2.19. The Labute approximate surface area is 109 Å². The van der Waals surface area contributed by atoms with Crippen LogP contribution in [0, 0.1) is 17.8 Å². The Morgan fingerprint density at radius 3 is 2.47 bits per heavy atom. The molecule has 94 valence electrons. The number of carboxylic acids is 1. The van der Waals surface area contributed by atoms with Gasteiger partial charge >= 0.3 is 5.97 Å². The summed E-state index contributed by atoms with van der Waals surface area (Å²) in [5.41, 5.74) is -0.165. The maximum Gasteiger partial charge on any atom is 0.335 e. The van der Waals surface area contributed by atoms with Gasteiger partial charge in [-0.1, -0.05) is 30.2 Å². The van der Waals surface area contributed by atoms with Gasteiger partial charge < -0.3 is 10.2 Å². The van der Waals surface area contributed by atoms with Crippen molar-refractivity contribution in [2.45, 2.75) is 0 Å². The molecule has 0 aromatic heterocycles. The maximum atomic E-state index is 11.8. The number of benzene rings is 1. The highest BCUT2D eigenvalue weighted by atomic mass is 16.4. The van der Waals surface area contributed by atoms with Gasteiger partial charge in [0.1, 0.15) is 5.75 Å². The molecule has 0 radical (unpaired) electrons. The molecule has 0 bridgehead atoms. The van der Waals surface area contributed by atoms with Gasteiger partial charge in [-0.25, -0.2) is 4.79 Å². The summed E-state index contributed by atoms with van der Waals surface area (Å²) in [6, 6.07) is 3.52. The Morgan fingerprint density at radius 2 is 1.84 bits per heavy atom. The summed E-state index contributed by atoms with van der Waals surface area (Å²) in [5, 5.41) is 18.4. The molecule has 0 amide bonds. The number of phenolic OH excluding ortho intramolecular Hbond substituents is 1. The number of aromatic carboxylic acids is 1. The van der Waals surface area contributed by atoms with Crippen LogP contribution in [0.5, 0.6) is 5.75 Å². The lowest BCUT2D eigenvalue weighted by Crippen LogP contribution is -2.02. The minimum absolute atomic E-state index is 0.0661. The Hall–Kier alpha value is -2.80. The number of ketones is 1. The summed E-state index contributed by atoms with van der Waals surface area (Å²) in [5.74, 6) is 2.97. The molecule has 4 heteroatoms. The summed E-state index contributed by atoms with van der Waals surface area (Å²) >= 11 is 0. The molecule has 0 aliphatic heterocycles. The molecule has 2 rings (SSSR count). The first-order valence-electron chi connectivity index (χ1n) is 5.55. The van der Waals surface area contributed by atoms with Crippen LogP contribution >= 0.6 is 0 Å². The van der Waals surface area contributed by atoms with E-state index in [1.54, 1.807) is 0 Å². The van der Waals surface area contributed by atoms with Gasteiger partial charge in [-0.05, 0) is 24.1 Å². The van der Waals surface area contributed by atoms with Crippen molar-refractivity contribution in [2.75, 3.05) is 0 Å². The number of hydrogen-bond acceptors (Lipinski definition) is 3. The molecule has 0 fully saturated rings. The highest BCUT2D eigenvalue weighted by Gasteiger charge is 2.13. The molecule has 0 saturated carbocycles. The van der Waals surface area contributed by atoms with Crippen molar-refractivity contribution < 1.29 is 19.8 Å². The fraction of sp³-hybridized carbons (Fsp3) is 0.0667. The van der Waals surface area contributed by atoms with Crippen LogP contribution in [0.4, 0.5) is 0 Å². The van der Waals surface area contributed by atoms with Gasteiger partial charge in [0, 0.05) is 0 Å². The molecular weight excluding hydrogens is 244 g/mol. The lowest BCUT2D eigenvalue weighted by Gasteiger charge is -2.01. The number of carbonyl (C=O) groups is 2. The number of rotatable bonds is 2. The molecule has 4 nitrogen and oxygen atoms in total. The molecule has 1 aromatic rings. The van der Waals surface area contributed by atoms with Gasteiger partial charge in [0.2, 0.25) is 5.78 Å². The van der Waals surface area contributed by atoms with Crippen LogP contribution in [0.3, 0.4) is 0 Å². The number of carbonyl (C=O) groups excluding carboxylic acids is 1. The zero-order valence-corrected chi connectivity index (χ0v) is 9.83. The Morgan fingerprint density at radius 1 is 1.16 bits per heavy atom. The molecule has 0 spiro atoms. The van der Waals surface area contributed by atoms with Gasteiger partial charge in [0.05, 0.1) is 17.0 Å². The van der Waals surface area contributed by atoms with E-state index in [0.717, 1.165) is 6.07 Å². The number of phenols is 1. The number of Topliss-reactive ketones (excluding diaryl/α,β-unsaturated/α-hetero) is 1. The minimum Gasteiger partial charge on any atom is -0.507 e. The van der Waals surface area contributed by atoms with Crippen LogP contribution < -0.4 is 0 Å². The third-order valence-corrected chi connectivity index (χ3v) is 2.59. The van der Waals surface area contributed by atoms with Crippen molar-refractivity contribution in [1.29, 1.82) is 0 Å². The fourth-order valence-electron chi connectivity index (χ4n) is 1.60. The molecule has 0 saturated heterocycles. The van der Waals surface area contributed by atoms with Crippen molar-refractivity contribution in [3.63, 3.8) is 0 Å². The molecule has 1 aliphatic carbocycles. The first-order chi connectivity index (χ1) is 9.08. The van der Waals surface area contributed by atoms with Gasteiger partial charge in [-0.3, -0.25) is 4.79 Å². The van der Waals surface area contributed by atoms with Crippen molar-refractivity contribution in [3.8, 4) is 17.6 Å². The summed E-state index contributed by atoms with van der Waals surface area (Å²) in [6.45, 7) is 0. The first-order valence-corrected chi connectivity index (χ1v) is 5.55. The molecular formula is C15H10O4. The average molecular weight is 254 g/mol. The van der Waals surface area contributed by atoms with E-state index in [1.807, 2.05) is 24.3 Å². The van der Waals surface area contributed by atoms with Gasteiger partial charge in [0.25, 0.3) is 0 Å². The lowest BCUT2D eigenvalue weighted by molar-refractivity contribution is 0.0697. The third kappa shape index (κ3) is 2.90. The van der Waals surface area contributed by atoms with E-state index in [-0.39, 0.29) is 22.8 Å². The predicted molar refractivity (Wildman–Crippen MR) is 68.9 cm³/mol. The fourth-order valence-corrected chi connectivity index (χ4v) is 1.60. The van der Waals surface area contributed by atoms with E-state index in [4.69, 9.17) is 5.11 Å². The van der Waals surface area contributed by atoms with E-state index in [2.05, 4.69) is 11.8 Å². The number of carboxylic acid groups (broad SMARTS) is 1. The number of hydrogen-bond donors (Lipinski definition) is 2. The first kappa shape index (κ1) is 12.7. The predicted octanol–water partition coefficient (Wildman–Crippen LogP) is 2.02. The summed E-state index contributed by atoms with van der Waals surface area (Å²) < 4.78 is 0. The van der Waals surface area contributed by atoms with Crippen molar-refractivity contribution in [3.05, 3.63) is 53.6 Å². The van der Waals surface area contributed by atoms with Crippen molar-refractivity contribution >= 4 is 11.8 Å². The van der Waals surface area contributed by atoms with E-state index in [1.165, 1.54) is 12.1 Å². The smallest absolute Gasteiger partial charge is 0.335 e. The standard InChI is InChI=1S/C15H10O4/c16-13(7-5-10-3-1-2-4-10)12-9-11(15(18)19)6-8-14(12)17/h1-4,6,8-10,17H,(H,18,19). The van der Waals surface area contributed by atoms with Crippen LogP contribution in [-0.2, 0) is 0 Å². The van der Waals surface area contributed by atoms with E-state index >= 15 is 0 Å².